The Kier molecular flexibility index (Phi) is 11.3. The molecule has 200 valence electrons. The lowest BCUT2D eigenvalue weighted by molar-refractivity contribution is -0.189. The summed E-state index contributed by atoms with van der Waals surface area (Å²) in [7, 11) is 0. The number of aryl methyl sites for hydroxylation is 1. The minimum Gasteiger partial charge on any atom is -0.338 e. The molecule has 0 saturated carbocycles. The van der Waals surface area contributed by atoms with E-state index in [1.165, 1.54) is 0 Å². The highest BCUT2D eigenvalue weighted by Gasteiger charge is 2.25. The SMILES string of the molecule is C=C/C(=C\C(=C/C)c1ccnc(C(C)(C)C)c1)c1c(C)cc(C(=O)N2CCC(OF)CC2)cc1Cl.CC. The van der Waals surface area contributed by atoms with E-state index in [9.17, 15) is 9.32 Å². The molecule has 1 aliphatic heterocycles. The molecule has 0 unspecified atom stereocenters. The first-order valence-corrected chi connectivity index (χ1v) is 13.3. The van der Waals surface area contributed by atoms with Crippen molar-refractivity contribution in [1.82, 2.24) is 9.88 Å². The van der Waals surface area contributed by atoms with Gasteiger partial charge in [0, 0.05) is 46.5 Å². The van der Waals surface area contributed by atoms with Crippen molar-refractivity contribution in [3.05, 3.63) is 88.2 Å². The van der Waals surface area contributed by atoms with Crippen LogP contribution in [0.25, 0.3) is 11.1 Å². The summed E-state index contributed by atoms with van der Waals surface area (Å²) in [6.45, 7) is 19.3. The quantitative estimate of drug-likeness (QED) is 0.354. The average molecular weight is 527 g/mol. The van der Waals surface area contributed by atoms with Crippen LogP contribution in [0.15, 0.2) is 55.3 Å². The normalized spacial score (nSPS) is 15.2. The van der Waals surface area contributed by atoms with Gasteiger partial charge in [0.1, 0.15) is 6.10 Å². The molecular weight excluding hydrogens is 487 g/mol. The molecule has 0 N–H and O–H groups in total. The van der Waals surface area contributed by atoms with Crippen LogP contribution in [-0.4, -0.2) is 35.0 Å². The Morgan fingerprint density at radius 3 is 2.32 bits per heavy atom. The second-order valence-electron chi connectivity index (χ2n) is 9.96. The largest absolute Gasteiger partial charge is 0.338 e. The maximum absolute atomic E-state index is 13.1. The molecule has 1 aliphatic rings. The molecule has 37 heavy (non-hydrogen) atoms. The van der Waals surface area contributed by atoms with Gasteiger partial charge in [-0.05, 0) is 83.8 Å². The van der Waals surface area contributed by atoms with E-state index in [1.54, 1.807) is 17.0 Å². The monoisotopic (exact) mass is 526 g/mol. The molecule has 2 aromatic rings. The number of pyridine rings is 1. The topological polar surface area (TPSA) is 42.4 Å². The predicted molar refractivity (Wildman–Crippen MR) is 153 cm³/mol. The highest BCUT2D eigenvalue weighted by atomic mass is 35.5. The van der Waals surface area contributed by atoms with Crippen LogP contribution in [0.3, 0.4) is 0 Å². The first kappa shape index (κ1) is 30.5. The Labute approximate surface area is 226 Å². The fourth-order valence-electron chi connectivity index (χ4n) is 4.32. The summed E-state index contributed by atoms with van der Waals surface area (Å²) >= 11 is 6.74. The van der Waals surface area contributed by atoms with Crippen molar-refractivity contribution in [1.29, 1.82) is 0 Å². The summed E-state index contributed by atoms with van der Waals surface area (Å²) in [5.41, 5.74) is 6.17. The second-order valence-corrected chi connectivity index (χ2v) is 10.4. The summed E-state index contributed by atoms with van der Waals surface area (Å²) in [5.74, 6) is -0.108. The molecule has 0 atom stereocenters. The van der Waals surface area contributed by atoms with Gasteiger partial charge in [-0.1, -0.05) is 65.0 Å². The van der Waals surface area contributed by atoms with Crippen molar-refractivity contribution in [2.75, 3.05) is 13.1 Å². The third kappa shape index (κ3) is 7.62. The van der Waals surface area contributed by atoms with E-state index in [1.807, 2.05) is 46.0 Å². The van der Waals surface area contributed by atoms with E-state index in [0.29, 0.717) is 36.5 Å². The number of carbonyl (C=O) groups excluding carboxylic acids is 1. The minimum absolute atomic E-state index is 0.0593. The molecule has 0 spiro atoms. The summed E-state index contributed by atoms with van der Waals surface area (Å²) < 4.78 is 12.4. The molecule has 0 radical (unpaired) electrons. The maximum Gasteiger partial charge on any atom is 0.253 e. The van der Waals surface area contributed by atoms with E-state index in [2.05, 4.69) is 55.5 Å². The molecule has 0 bridgehead atoms. The number of hydrogen-bond donors (Lipinski definition) is 0. The van der Waals surface area contributed by atoms with Crippen LogP contribution in [0.2, 0.25) is 5.02 Å². The summed E-state index contributed by atoms with van der Waals surface area (Å²) in [4.78, 5) is 23.2. The Morgan fingerprint density at radius 1 is 1.16 bits per heavy atom. The molecule has 0 aliphatic carbocycles. The number of piperidine rings is 1. The number of rotatable bonds is 6. The van der Waals surface area contributed by atoms with E-state index >= 15 is 0 Å². The molecule has 1 aromatic carbocycles. The average Bonchev–Trinajstić information content (AvgIpc) is 2.90. The van der Waals surface area contributed by atoms with E-state index in [4.69, 9.17) is 11.6 Å². The number of aromatic nitrogens is 1. The number of likely N-dealkylation sites (tertiary alicyclic amines) is 1. The van der Waals surface area contributed by atoms with Gasteiger partial charge in [0.15, 0.2) is 0 Å². The zero-order valence-electron chi connectivity index (χ0n) is 23.2. The predicted octanol–water partition coefficient (Wildman–Crippen LogP) is 8.55. The second kappa shape index (κ2) is 13.7. The van der Waals surface area contributed by atoms with Gasteiger partial charge < -0.3 is 4.90 Å². The van der Waals surface area contributed by atoms with Gasteiger partial charge in [0.05, 0.1) is 0 Å². The molecule has 1 saturated heterocycles. The number of halogens is 2. The van der Waals surface area contributed by atoms with Gasteiger partial charge in [-0.3, -0.25) is 9.78 Å². The van der Waals surface area contributed by atoms with Crippen molar-refractivity contribution in [2.24, 2.45) is 0 Å². The zero-order chi connectivity index (χ0) is 27.8. The van der Waals surface area contributed by atoms with Crippen molar-refractivity contribution in [2.45, 2.75) is 72.8 Å². The molecule has 6 heteroatoms. The van der Waals surface area contributed by atoms with Gasteiger partial charge >= 0.3 is 0 Å². The third-order valence-electron chi connectivity index (χ3n) is 6.38. The van der Waals surface area contributed by atoms with Crippen molar-refractivity contribution < 1.29 is 14.3 Å². The molecule has 1 aromatic heterocycles. The van der Waals surface area contributed by atoms with Crippen molar-refractivity contribution in [3.8, 4) is 0 Å². The third-order valence-corrected chi connectivity index (χ3v) is 6.68. The Balaban J connectivity index is 0.00000235. The minimum atomic E-state index is -0.437. The number of carbonyl (C=O) groups is 1. The Morgan fingerprint density at radius 2 is 1.81 bits per heavy atom. The molecule has 3 rings (SSSR count). The van der Waals surface area contributed by atoms with Crippen LogP contribution in [0.5, 0.6) is 0 Å². The van der Waals surface area contributed by atoms with Crippen LogP contribution in [0, 0.1) is 6.92 Å². The van der Waals surface area contributed by atoms with Crippen LogP contribution >= 0.6 is 11.6 Å². The first-order chi connectivity index (χ1) is 17.6. The molecule has 4 nitrogen and oxygen atoms in total. The lowest BCUT2D eigenvalue weighted by atomic mass is 9.89. The highest BCUT2D eigenvalue weighted by molar-refractivity contribution is 6.33. The number of nitrogens with zero attached hydrogens (tertiary/aromatic N) is 2. The van der Waals surface area contributed by atoms with Gasteiger partial charge in [0.2, 0.25) is 0 Å². The Hall–Kier alpha value is -2.76. The number of benzene rings is 1. The smallest absolute Gasteiger partial charge is 0.253 e. The van der Waals surface area contributed by atoms with Gasteiger partial charge in [0.25, 0.3) is 5.91 Å². The maximum atomic E-state index is 13.1. The molecular formula is C31H40ClFN2O2. The van der Waals surface area contributed by atoms with Crippen LogP contribution < -0.4 is 0 Å². The number of amides is 1. The summed E-state index contributed by atoms with van der Waals surface area (Å²) in [6.07, 6.45) is 8.26. The van der Waals surface area contributed by atoms with Crippen LogP contribution in [0.4, 0.5) is 4.53 Å². The van der Waals surface area contributed by atoms with Crippen molar-refractivity contribution >= 4 is 28.7 Å². The molecule has 1 fully saturated rings. The van der Waals surface area contributed by atoms with E-state index in [0.717, 1.165) is 33.5 Å². The highest BCUT2D eigenvalue weighted by Crippen LogP contribution is 2.33. The number of hydrogen-bond acceptors (Lipinski definition) is 3. The fourth-order valence-corrected chi connectivity index (χ4v) is 4.69. The lowest BCUT2D eigenvalue weighted by Gasteiger charge is -2.30. The van der Waals surface area contributed by atoms with Crippen LogP contribution in [-0.2, 0) is 10.4 Å². The van der Waals surface area contributed by atoms with Crippen LogP contribution in [0.1, 0.15) is 87.1 Å². The molecule has 2 heterocycles. The summed E-state index contributed by atoms with van der Waals surface area (Å²) in [6, 6.07) is 7.67. The first-order valence-electron chi connectivity index (χ1n) is 12.9. The summed E-state index contributed by atoms with van der Waals surface area (Å²) in [5, 5.41) is 0.488. The standard InChI is InChI=1S/C29H34ClFN2O2.C2H6/c1-7-20(22-9-12-32-26(18-22)29(4,5)6)16-21(8-2)27-19(3)15-23(17-25(27)30)28(34)33-13-10-24(35-31)11-14-33;1-2/h7-9,12,15-18,24H,2,10-11,13-14H2,1,3-6H3;1-2H3/b20-7+,21-16+;. The van der Waals surface area contributed by atoms with Gasteiger partial charge in [-0.15, -0.1) is 0 Å². The zero-order valence-corrected chi connectivity index (χ0v) is 24.0. The molecule has 1 amide bonds. The van der Waals surface area contributed by atoms with E-state index in [-0.39, 0.29) is 11.3 Å². The lowest BCUT2D eigenvalue weighted by Crippen LogP contribution is -2.40. The van der Waals surface area contributed by atoms with Gasteiger partial charge in [-0.2, -0.15) is 4.94 Å². The Bertz CT molecular complexity index is 1130. The number of allylic oxidation sites excluding steroid dienone is 5. The van der Waals surface area contributed by atoms with Crippen molar-refractivity contribution in [3.63, 3.8) is 0 Å². The fraction of sp³-hybridized carbons (Fsp3) is 0.419. The van der Waals surface area contributed by atoms with E-state index < -0.39 is 6.10 Å². The van der Waals surface area contributed by atoms with Gasteiger partial charge in [-0.25, -0.2) is 0 Å².